The maximum absolute atomic E-state index is 4.91. The topological polar surface area (TPSA) is 40.2 Å². The van der Waals surface area contributed by atoms with Gasteiger partial charge in [-0.15, -0.1) is 0 Å². The van der Waals surface area contributed by atoms with Crippen LogP contribution in [0.2, 0.25) is 0 Å². The van der Waals surface area contributed by atoms with E-state index >= 15 is 0 Å². The molecule has 186 valence electrons. The summed E-state index contributed by atoms with van der Waals surface area (Å²) < 4.78 is 0. The van der Waals surface area contributed by atoms with Crippen LogP contribution in [0.15, 0.2) is 66.2 Å². The number of para-hydroxylation sites is 1. The van der Waals surface area contributed by atoms with Crippen molar-refractivity contribution in [1.29, 1.82) is 0 Å². The molecule has 1 aliphatic rings. The van der Waals surface area contributed by atoms with Crippen LogP contribution >= 0.6 is 0 Å². The van der Waals surface area contributed by atoms with E-state index in [1.807, 2.05) is 0 Å². The van der Waals surface area contributed by atoms with E-state index in [0.29, 0.717) is 12.1 Å². The fourth-order valence-electron chi connectivity index (χ4n) is 5.13. The van der Waals surface area contributed by atoms with Gasteiger partial charge in [0.15, 0.2) is 0 Å². The van der Waals surface area contributed by atoms with Gasteiger partial charge in [0, 0.05) is 49.9 Å². The number of benzene rings is 2. The average Bonchev–Trinajstić information content (AvgIpc) is 2.88. The predicted octanol–water partition coefficient (Wildman–Crippen LogP) is 7.28. The van der Waals surface area contributed by atoms with Gasteiger partial charge in [0.1, 0.15) is 5.82 Å². The van der Waals surface area contributed by atoms with Gasteiger partial charge in [-0.2, -0.15) is 0 Å². The molecule has 0 aliphatic heterocycles. The molecule has 4 rings (SSSR count). The fraction of sp³-hybridized carbons (Fsp3) is 0.452. The number of nitrogens with zero attached hydrogens (tertiary/aromatic N) is 2. The SMILES string of the molecule is CCCCC/C(=C\c1ccccc1)CN[C@H]1CC[C@@H](Nc2cc(N(C)C)c3ccccc3n2)CC1. The molecule has 2 aromatic carbocycles. The Labute approximate surface area is 211 Å². The van der Waals surface area contributed by atoms with Crippen molar-refractivity contribution in [3.8, 4) is 0 Å². The molecule has 4 nitrogen and oxygen atoms in total. The first-order chi connectivity index (χ1) is 17.1. The lowest BCUT2D eigenvalue weighted by Crippen LogP contribution is -2.38. The summed E-state index contributed by atoms with van der Waals surface area (Å²) in [6, 6.07) is 22.5. The minimum Gasteiger partial charge on any atom is -0.377 e. The standard InChI is InChI=1S/C31H42N4/c1-4-5-7-14-25(21-24-12-8-6-9-13-24)23-32-26-17-19-27(20-18-26)33-31-22-30(35(2)3)28-15-10-11-16-29(28)34-31/h6,8-13,15-16,21-22,26-27,32H,4-5,7,14,17-20,23H2,1-3H3,(H,33,34)/b25-21+/t26-,27+. The normalized spacial score (nSPS) is 18.5. The first kappa shape index (κ1) is 25.2. The van der Waals surface area contributed by atoms with Crippen LogP contribution in [0, 0.1) is 0 Å². The Hall–Kier alpha value is -2.85. The molecule has 0 radical (unpaired) electrons. The van der Waals surface area contributed by atoms with Crippen molar-refractivity contribution in [3.63, 3.8) is 0 Å². The summed E-state index contributed by atoms with van der Waals surface area (Å²) >= 11 is 0. The molecule has 0 atom stereocenters. The van der Waals surface area contributed by atoms with Gasteiger partial charge < -0.3 is 15.5 Å². The molecular weight excluding hydrogens is 428 g/mol. The lowest BCUT2D eigenvalue weighted by atomic mass is 9.90. The van der Waals surface area contributed by atoms with E-state index in [1.165, 1.54) is 73.6 Å². The van der Waals surface area contributed by atoms with Gasteiger partial charge in [-0.1, -0.05) is 79.9 Å². The lowest BCUT2D eigenvalue weighted by molar-refractivity contribution is 0.360. The maximum Gasteiger partial charge on any atom is 0.128 e. The highest BCUT2D eigenvalue weighted by molar-refractivity contribution is 5.93. The van der Waals surface area contributed by atoms with Crippen LogP contribution in [0.3, 0.4) is 0 Å². The molecule has 3 aromatic rings. The van der Waals surface area contributed by atoms with Gasteiger partial charge >= 0.3 is 0 Å². The molecule has 1 heterocycles. The molecule has 35 heavy (non-hydrogen) atoms. The Balaban J connectivity index is 1.31. The molecule has 4 heteroatoms. The van der Waals surface area contributed by atoms with Crippen LogP contribution in [0.4, 0.5) is 11.5 Å². The average molecular weight is 471 g/mol. The van der Waals surface area contributed by atoms with E-state index in [2.05, 4.69) is 103 Å². The smallest absolute Gasteiger partial charge is 0.128 e. The molecule has 0 unspecified atom stereocenters. The highest BCUT2D eigenvalue weighted by Crippen LogP contribution is 2.29. The zero-order valence-electron chi connectivity index (χ0n) is 21.8. The Bertz CT molecular complexity index is 1080. The number of hydrogen-bond acceptors (Lipinski definition) is 4. The summed E-state index contributed by atoms with van der Waals surface area (Å²) in [7, 11) is 4.20. The predicted molar refractivity (Wildman–Crippen MR) is 152 cm³/mol. The molecule has 0 saturated heterocycles. The van der Waals surface area contributed by atoms with Gasteiger partial charge in [-0.25, -0.2) is 4.98 Å². The number of fused-ring (bicyclic) bond motifs is 1. The number of anilines is 2. The molecule has 1 aromatic heterocycles. The number of rotatable bonds is 11. The summed E-state index contributed by atoms with van der Waals surface area (Å²) in [5.41, 5.74) is 5.11. The van der Waals surface area contributed by atoms with Crippen molar-refractivity contribution in [2.75, 3.05) is 30.9 Å². The molecule has 0 spiro atoms. The quantitative estimate of drug-likeness (QED) is 0.289. The van der Waals surface area contributed by atoms with E-state index < -0.39 is 0 Å². The summed E-state index contributed by atoms with van der Waals surface area (Å²) in [5.74, 6) is 0.993. The molecule has 2 N–H and O–H groups in total. The summed E-state index contributed by atoms with van der Waals surface area (Å²) in [6.45, 7) is 3.28. The molecule has 1 saturated carbocycles. The largest absolute Gasteiger partial charge is 0.377 e. The minimum atomic E-state index is 0.487. The van der Waals surface area contributed by atoms with Crippen molar-refractivity contribution in [1.82, 2.24) is 10.3 Å². The molecule has 1 aliphatic carbocycles. The van der Waals surface area contributed by atoms with Gasteiger partial charge in [0.25, 0.3) is 0 Å². The van der Waals surface area contributed by atoms with Crippen LogP contribution in [-0.2, 0) is 0 Å². The molecule has 0 amide bonds. The number of pyridine rings is 1. The summed E-state index contributed by atoms with van der Waals surface area (Å²) in [5, 5.41) is 8.83. The molecular formula is C31H42N4. The second-order valence-corrected chi connectivity index (χ2v) is 10.2. The zero-order chi connectivity index (χ0) is 24.5. The Morgan fingerprint density at radius 1 is 0.943 bits per heavy atom. The fourth-order valence-corrected chi connectivity index (χ4v) is 5.13. The molecule has 1 fully saturated rings. The number of nitrogens with one attached hydrogen (secondary N) is 2. The van der Waals surface area contributed by atoms with Crippen LogP contribution in [0.25, 0.3) is 17.0 Å². The highest BCUT2D eigenvalue weighted by atomic mass is 15.1. The number of aromatic nitrogens is 1. The lowest BCUT2D eigenvalue weighted by Gasteiger charge is -2.31. The summed E-state index contributed by atoms with van der Waals surface area (Å²) in [6.07, 6.45) is 12.2. The highest BCUT2D eigenvalue weighted by Gasteiger charge is 2.21. The third-order valence-corrected chi connectivity index (χ3v) is 7.14. The van der Waals surface area contributed by atoms with Gasteiger partial charge in [0.2, 0.25) is 0 Å². The minimum absolute atomic E-state index is 0.487. The number of unbranched alkanes of at least 4 members (excludes halogenated alkanes) is 2. The van der Waals surface area contributed by atoms with Gasteiger partial charge in [0.05, 0.1) is 5.52 Å². The van der Waals surface area contributed by atoms with Crippen LogP contribution in [0.1, 0.15) is 63.9 Å². The van der Waals surface area contributed by atoms with Crippen LogP contribution in [-0.4, -0.2) is 37.7 Å². The molecule has 0 bridgehead atoms. The second-order valence-electron chi connectivity index (χ2n) is 10.2. The van der Waals surface area contributed by atoms with Crippen molar-refractivity contribution in [2.24, 2.45) is 0 Å². The van der Waals surface area contributed by atoms with Gasteiger partial charge in [-0.3, -0.25) is 0 Å². The van der Waals surface area contributed by atoms with E-state index in [9.17, 15) is 0 Å². The van der Waals surface area contributed by atoms with Crippen LogP contribution in [0.5, 0.6) is 0 Å². The number of hydrogen-bond donors (Lipinski definition) is 2. The maximum atomic E-state index is 4.91. The third-order valence-electron chi connectivity index (χ3n) is 7.14. The second kappa shape index (κ2) is 12.7. The van der Waals surface area contributed by atoms with E-state index in [4.69, 9.17) is 4.98 Å². The Morgan fingerprint density at radius 3 is 2.40 bits per heavy atom. The van der Waals surface area contributed by atoms with Crippen molar-refractivity contribution in [2.45, 2.75) is 70.4 Å². The van der Waals surface area contributed by atoms with Crippen LogP contribution < -0.4 is 15.5 Å². The third kappa shape index (κ3) is 7.32. The monoisotopic (exact) mass is 470 g/mol. The zero-order valence-corrected chi connectivity index (χ0v) is 21.8. The first-order valence-corrected chi connectivity index (χ1v) is 13.4. The van der Waals surface area contributed by atoms with E-state index in [0.717, 1.165) is 17.9 Å². The Kier molecular flexibility index (Phi) is 9.19. The van der Waals surface area contributed by atoms with Crippen molar-refractivity contribution < 1.29 is 0 Å². The van der Waals surface area contributed by atoms with E-state index in [1.54, 1.807) is 0 Å². The van der Waals surface area contributed by atoms with E-state index in [-0.39, 0.29) is 0 Å². The van der Waals surface area contributed by atoms with Crippen molar-refractivity contribution in [3.05, 3.63) is 71.8 Å². The Morgan fingerprint density at radius 2 is 1.66 bits per heavy atom. The van der Waals surface area contributed by atoms with Crippen molar-refractivity contribution >= 4 is 28.5 Å². The van der Waals surface area contributed by atoms with Gasteiger partial charge in [-0.05, 0) is 50.2 Å². The summed E-state index contributed by atoms with van der Waals surface area (Å²) in [4.78, 5) is 7.08. The first-order valence-electron chi connectivity index (χ1n) is 13.4.